The fraction of sp³-hybridized carbons (Fsp3) is 0.333. The van der Waals surface area contributed by atoms with Crippen LogP contribution in [0, 0.1) is 13.8 Å². The van der Waals surface area contributed by atoms with E-state index in [-0.39, 0.29) is 5.02 Å². The highest BCUT2D eigenvalue weighted by atomic mass is 35.5. The lowest BCUT2D eigenvalue weighted by atomic mass is 9.96. The molecule has 0 radical (unpaired) electrons. The summed E-state index contributed by atoms with van der Waals surface area (Å²) in [4.78, 5) is 3.35. The second-order valence-corrected chi connectivity index (χ2v) is 7.33. The van der Waals surface area contributed by atoms with Crippen molar-refractivity contribution in [1.29, 1.82) is 0 Å². The number of fused-ring (bicyclic) bond motifs is 1. The van der Waals surface area contributed by atoms with Gasteiger partial charge in [0.2, 0.25) is 0 Å². The molecule has 0 atom stereocenters. The first kappa shape index (κ1) is 19.8. The molecule has 0 bridgehead atoms. The SMILES string of the molecule is Cc1cc(C)c2c(CCCCN)c(-c3ccc(Cl)c(C(F)(F)F)c3)[nH]c2c1. The summed E-state index contributed by atoms with van der Waals surface area (Å²) in [5.41, 5.74) is 10.2. The van der Waals surface area contributed by atoms with Gasteiger partial charge in [-0.2, -0.15) is 13.2 Å². The highest BCUT2D eigenvalue weighted by Crippen LogP contribution is 2.39. The van der Waals surface area contributed by atoms with Crippen molar-refractivity contribution >= 4 is 22.5 Å². The van der Waals surface area contributed by atoms with Crippen LogP contribution in [0.4, 0.5) is 13.2 Å². The molecule has 0 saturated heterocycles. The molecule has 1 heterocycles. The van der Waals surface area contributed by atoms with Gasteiger partial charge in [-0.25, -0.2) is 0 Å². The Kier molecular flexibility index (Phi) is 5.54. The van der Waals surface area contributed by atoms with Gasteiger partial charge in [0.05, 0.1) is 10.6 Å². The lowest BCUT2D eigenvalue weighted by molar-refractivity contribution is -0.137. The van der Waals surface area contributed by atoms with Gasteiger partial charge in [0.25, 0.3) is 0 Å². The van der Waals surface area contributed by atoms with Crippen molar-refractivity contribution in [2.45, 2.75) is 39.3 Å². The Morgan fingerprint density at radius 1 is 1.07 bits per heavy atom. The Balaban J connectivity index is 2.21. The van der Waals surface area contributed by atoms with Crippen LogP contribution >= 0.6 is 11.6 Å². The van der Waals surface area contributed by atoms with Crippen LogP contribution < -0.4 is 5.73 Å². The van der Waals surface area contributed by atoms with Gasteiger partial charge in [-0.05, 0) is 80.1 Å². The number of aryl methyl sites for hydroxylation is 3. The number of unbranched alkanes of at least 4 members (excludes halogenated alkanes) is 1. The van der Waals surface area contributed by atoms with Crippen LogP contribution in [0.2, 0.25) is 5.02 Å². The minimum Gasteiger partial charge on any atom is -0.354 e. The molecule has 6 heteroatoms. The van der Waals surface area contributed by atoms with Crippen LogP contribution in [0.3, 0.4) is 0 Å². The number of hydrogen-bond acceptors (Lipinski definition) is 1. The first-order chi connectivity index (χ1) is 12.7. The largest absolute Gasteiger partial charge is 0.417 e. The van der Waals surface area contributed by atoms with Crippen molar-refractivity contribution < 1.29 is 13.2 Å². The molecule has 0 fully saturated rings. The number of halogens is 4. The van der Waals surface area contributed by atoms with Gasteiger partial charge in [-0.1, -0.05) is 23.7 Å². The highest BCUT2D eigenvalue weighted by molar-refractivity contribution is 6.31. The monoisotopic (exact) mass is 394 g/mol. The van der Waals surface area contributed by atoms with Crippen LogP contribution in [0.1, 0.15) is 35.1 Å². The number of hydrogen-bond donors (Lipinski definition) is 2. The molecule has 0 aliphatic rings. The molecule has 3 aromatic rings. The zero-order valence-corrected chi connectivity index (χ0v) is 16.1. The molecule has 144 valence electrons. The third-order valence-corrected chi connectivity index (χ3v) is 5.11. The topological polar surface area (TPSA) is 41.8 Å². The van der Waals surface area contributed by atoms with Gasteiger partial charge in [-0.3, -0.25) is 0 Å². The van der Waals surface area contributed by atoms with Crippen LogP contribution in [0.15, 0.2) is 30.3 Å². The quantitative estimate of drug-likeness (QED) is 0.482. The van der Waals surface area contributed by atoms with Crippen molar-refractivity contribution in [3.63, 3.8) is 0 Å². The van der Waals surface area contributed by atoms with E-state index >= 15 is 0 Å². The van der Waals surface area contributed by atoms with Gasteiger partial charge in [0.15, 0.2) is 0 Å². The predicted molar refractivity (Wildman–Crippen MR) is 105 cm³/mol. The molecule has 0 aliphatic heterocycles. The standard InChI is InChI=1S/C21H22ClF3N2/c1-12-9-13(2)19-15(5-3-4-8-26)20(27-18(19)10-12)14-6-7-17(22)16(11-14)21(23,24)25/h6-7,9-11,27H,3-5,8,26H2,1-2H3. The summed E-state index contributed by atoms with van der Waals surface area (Å²) in [5.74, 6) is 0. The molecule has 2 aromatic carbocycles. The Hall–Kier alpha value is -1.98. The first-order valence-electron chi connectivity index (χ1n) is 8.91. The normalized spacial score (nSPS) is 12.1. The predicted octanol–water partition coefficient (Wildman–Crippen LogP) is 6.41. The van der Waals surface area contributed by atoms with E-state index in [9.17, 15) is 13.2 Å². The zero-order valence-electron chi connectivity index (χ0n) is 15.3. The van der Waals surface area contributed by atoms with E-state index in [1.165, 1.54) is 6.07 Å². The van der Waals surface area contributed by atoms with Crippen LogP contribution in [-0.2, 0) is 12.6 Å². The van der Waals surface area contributed by atoms with E-state index in [1.807, 2.05) is 19.9 Å². The maximum Gasteiger partial charge on any atom is 0.417 e. The Morgan fingerprint density at radius 2 is 1.81 bits per heavy atom. The molecule has 0 unspecified atom stereocenters. The van der Waals surface area contributed by atoms with E-state index in [1.54, 1.807) is 6.07 Å². The van der Waals surface area contributed by atoms with E-state index in [0.29, 0.717) is 12.1 Å². The molecule has 0 amide bonds. The minimum atomic E-state index is -4.49. The molecule has 1 aromatic heterocycles. The number of H-pyrrole nitrogens is 1. The molecular weight excluding hydrogens is 373 g/mol. The van der Waals surface area contributed by atoms with Crippen molar-refractivity contribution in [2.24, 2.45) is 5.73 Å². The number of aromatic amines is 1. The summed E-state index contributed by atoms with van der Waals surface area (Å²) >= 11 is 5.79. The lowest BCUT2D eigenvalue weighted by Crippen LogP contribution is -2.06. The van der Waals surface area contributed by atoms with Gasteiger partial charge in [0, 0.05) is 16.6 Å². The molecule has 27 heavy (non-hydrogen) atoms. The highest BCUT2D eigenvalue weighted by Gasteiger charge is 2.33. The fourth-order valence-corrected chi connectivity index (χ4v) is 3.87. The van der Waals surface area contributed by atoms with Crippen LogP contribution in [-0.4, -0.2) is 11.5 Å². The molecule has 0 spiro atoms. The average Bonchev–Trinajstić information content (AvgIpc) is 2.93. The van der Waals surface area contributed by atoms with Gasteiger partial charge in [-0.15, -0.1) is 0 Å². The smallest absolute Gasteiger partial charge is 0.354 e. The lowest BCUT2D eigenvalue weighted by Gasteiger charge is -2.12. The Labute approximate surface area is 161 Å². The summed E-state index contributed by atoms with van der Waals surface area (Å²) in [5, 5.41) is 0.787. The van der Waals surface area contributed by atoms with E-state index in [0.717, 1.165) is 58.6 Å². The van der Waals surface area contributed by atoms with Gasteiger partial charge in [0.1, 0.15) is 0 Å². The van der Waals surface area contributed by atoms with Gasteiger partial charge >= 0.3 is 6.18 Å². The van der Waals surface area contributed by atoms with Crippen molar-refractivity contribution in [1.82, 2.24) is 4.98 Å². The maximum atomic E-state index is 13.3. The van der Waals surface area contributed by atoms with E-state index in [4.69, 9.17) is 17.3 Å². The molecule has 2 nitrogen and oxygen atoms in total. The van der Waals surface area contributed by atoms with Crippen molar-refractivity contribution in [2.75, 3.05) is 6.54 Å². The van der Waals surface area contributed by atoms with Crippen LogP contribution in [0.25, 0.3) is 22.2 Å². The Morgan fingerprint density at radius 3 is 2.48 bits per heavy atom. The van der Waals surface area contributed by atoms with E-state index < -0.39 is 11.7 Å². The summed E-state index contributed by atoms with van der Waals surface area (Å²) in [6.45, 7) is 4.63. The number of alkyl halides is 3. The first-order valence-corrected chi connectivity index (χ1v) is 9.29. The second kappa shape index (κ2) is 7.56. The summed E-state index contributed by atoms with van der Waals surface area (Å²) in [6, 6.07) is 8.19. The molecule has 0 aliphatic carbocycles. The molecular formula is C21H22ClF3N2. The Bertz CT molecular complexity index is 974. The number of benzene rings is 2. The van der Waals surface area contributed by atoms with Crippen molar-refractivity contribution in [3.8, 4) is 11.3 Å². The third-order valence-electron chi connectivity index (χ3n) is 4.78. The second-order valence-electron chi connectivity index (χ2n) is 6.92. The summed E-state index contributed by atoms with van der Waals surface area (Å²) < 4.78 is 39.9. The van der Waals surface area contributed by atoms with Gasteiger partial charge < -0.3 is 10.7 Å². The number of aromatic nitrogens is 1. The number of nitrogens with one attached hydrogen (secondary N) is 1. The molecule has 3 rings (SSSR count). The maximum absolute atomic E-state index is 13.3. The zero-order chi connectivity index (χ0) is 19.8. The average molecular weight is 395 g/mol. The fourth-order valence-electron chi connectivity index (χ4n) is 3.64. The third kappa shape index (κ3) is 3.99. The summed E-state index contributed by atoms with van der Waals surface area (Å²) in [7, 11) is 0. The number of rotatable bonds is 5. The van der Waals surface area contributed by atoms with Crippen molar-refractivity contribution in [3.05, 3.63) is 57.6 Å². The number of nitrogens with two attached hydrogens (primary N) is 1. The molecule has 3 N–H and O–H groups in total. The molecule has 0 saturated carbocycles. The summed E-state index contributed by atoms with van der Waals surface area (Å²) in [6.07, 6.45) is -2.00. The van der Waals surface area contributed by atoms with E-state index in [2.05, 4.69) is 11.1 Å². The van der Waals surface area contributed by atoms with Crippen LogP contribution in [0.5, 0.6) is 0 Å². The minimum absolute atomic E-state index is 0.293.